The summed E-state index contributed by atoms with van der Waals surface area (Å²) in [5.41, 5.74) is 0.767. The maximum Gasteiger partial charge on any atom is -0.0292 e. The second-order valence-electron chi connectivity index (χ2n) is 10.3. The van der Waals surface area contributed by atoms with E-state index in [1.165, 1.54) is 41.4 Å². The molecule has 116 valence electrons. The molecule has 0 aromatic heterocycles. The molecule has 6 aliphatic carbocycles. The third kappa shape index (κ3) is 1.36. The zero-order valence-electron chi connectivity index (χ0n) is 13.8. The molecule has 0 N–H and O–H groups in total. The lowest BCUT2D eigenvalue weighted by molar-refractivity contribution is -0.0733. The molecule has 21 heavy (non-hydrogen) atoms. The Balaban J connectivity index is 1.53. The van der Waals surface area contributed by atoms with Crippen molar-refractivity contribution in [1.29, 1.82) is 0 Å². The van der Waals surface area contributed by atoms with Gasteiger partial charge in [-0.25, -0.2) is 0 Å². The van der Waals surface area contributed by atoms with Crippen LogP contribution in [0.5, 0.6) is 0 Å². The Morgan fingerprint density at radius 3 is 1.33 bits per heavy atom. The highest BCUT2D eigenvalue weighted by molar-refractivity contribution is 5.16. The van der Waals surface area contributed by atoms with Gasteiger partial charge in [-0.05, 0) is 123 Å². The lowest BCUT2D eigenvalue weighted by Crippen LogP contribution is -2.49. The molecule has 0 radical (unpaired) electrons. The maximum absolute atomic E-state index is 2.73. The van der Waals surface area contributed by atoms with Gasteiger partial charge in [-0.15, -0.1) is 0 Å². The molecule has 0 heteroatoms. The second-order valence-corrected chi connectivity index (χ2v) is 10.3. The standard InChI is InChI=1S/C21H32/c1-21-10-8-14-6-4-12-2-3-13-5-7-15(9-11-21)19-17(13)16(12)18(14)20(19)21/h12-20H,2-11H2,1H3. The molecule has 0 nitrogen and oxygen atoms in total. The van der Waals surface area contributed by atoms with E-state index >= 15 is 0 Å². The van der Waals surface area contributed by atoms with Gasteiger partial charge < -0.3 is 0 Å². The summed E-state index contributed by atoms with van der Waals surface area (Å²) in [5.74, 6) is 10.6. The first kappa shape index (κ1) is 12.4. The highest BCUT2D eigenvalue weighted by Gasteiger charge is 2.68. The summed E-state index contributed by atoms with van der Waals surface area (Å²) >= 11 is 0. The second kappa shape index (κ2) is 3.90. The van der Waals surface area contributed by atoms with Crippen LogP contribution in [0.4, 0.5) is 0 Å². The third-order valence-electron chi connectivity index (χ3n) is 10.0. The number of hydrogen-bond donors (Lipinski definition) is 0. The van der Waals surface area contributed by atoms with Gasteiger partial charge >= 0.3 is 0 Å². The van der Waals surface area contributed by atoms with Crippen molar-refractivity contribution in [2.75, 3.05) is 0 Å². The Hall–Kier alpha value is 0. The Kier molecular flexibility index (Phi) is 2.31. The normalized spacial score (nSPS) is 67.0. The van der Waals surface area contributed by atoms with Crippen molar-refractivity contribution < 1.29 is 0 Å². The van der Waals surface area contributed by atoms with Crippen LogP contribution < -0.4 is 0 Å². The Morgan fingerprint density at radius 1 is 0.524 bits per heavy atom. The lowest BCUT2D eigenvalue weighted by atomic mass is 9.49. The van der Waals surface area contributed by atoms with Crippen LogP contribution in [0.2, 0.25) is 0 Å². The van der Waals surface area contributed by atoms with Crippen LogP contribution in [0, 0.1) is 58.7 Å². The summed E-state index contributed by atoms with van der Waals surface area (Å²) in [6.45, 7) is 2.73. The summed E-state index contributed by atoms with van der Waals surface area (Å²) in [6, 6.07) is 0. The molecule has 0 saturated heterocycles. The summed E-state index contributed by atoms with van der Waals surface area (Å²) < 4.78 is 0. The average Bonchev–Trinajstić information content (AvgIpc) is 2.89. The van der Waals surface area contributed by atoms with E-state index in [4.69, 9.17) is 0 Å². The van der Waals surface area contributed by atoms with E-state index in [1.807, 2.05) is 0 Å². The van der Waals surface area contributed by atoms with Gasteiger partial charge in [-0.3, -0.25) is 0 Å². The molecule has 8 unspecified atom stereocenters. The molecule has 0 aromatic rings. The van der Waals surface area contributed by atoms with Gasteiger partial charge in [0.05, 0.1) is 0 Å². The molecule has 0 spiro atoms. The van der Waals surface area contributed by atoms with Crippen LogP contribution in [0.1, 0.15) is 71.1 Å². The van der Waals surface area contributed by atoms with E-state index in [2.05, 4.69) is 6.92 Å². The predicted molar refractivity (Wildman–Crippen MR) is 85.7 cm³/mol. The van der Waals surface area contributed by atoms with Crippen molar-refractivity contribution in [3.63, 3.8) is 0 Å². The molecular formula is C21H32. The van der Waals surface area contributed by atoms with Crippen molar-refractivity contribution in [3.05, 3.63) is 0 Å². The van der Waals surface area contributed by atoms with Gasteiger partial charge in [-0.1, -0.05) is 6.92 Å². The Bertz CT molecular complexity index is 423. The van der Waals surface area contributed by atoms with Crippen LogP contribution in [0.25, 0.3) is 0 Å². The average molecular weight is 284 g/mol. The molecule has 0 bridgehead atoms. The first-order valence-electron chi connectivity index (χ1n) is 10.3. The highest BCUT2D eigenvalue weighted by atomic mass is 14.7. The van der Waals surface area contributed by atoms with E-state index in [0.29, 0.717) is 0 Å². The molecule has 6 saturated carbocycles. The first-order chi connectivity index (χ1) is 10.3. The molecule has 6 fully saturated rings. The lowest BCUT2D eigenvalue weighted by Gasteiger charge is -2.56. The van der Waals surface area contributed by atoms with Crippen LogP contribution in [-0.2, 0) is 0 Å². The quantitative estimate of drug-likeness (QED) is 0.549. The smallest absolute Gasteiger partial charge is 0.0292 e. The minimum absolute atomic E-state index is 0.767. The molecule has 0 aromatic carbocycles. The third-order valence-corrected chi connectivity index (χ3v) is 10.0. The Morgan fingerprint density at radius 2 is 0.905 bits per heavy atom. The summed E-state index contributed by atoms with van der Waals surface area (Å²) in [6.07, 6.45) is 16.1. The monoisotopic (exact) mass is 284 g/mol. The molecule has 0 amide bonds. The van der Waals surface area contributed by atoms with Gasteiger partial charge in [0.1, 0.15) is 0 Å². The molecule has 0 heterocycles. The fourth-order valence-corrected chi connectivity index (χ4v) is 9.54. The first-order valence-corrected chi connectivity index (χ1v) is 10.3. The van der Waals surface area contributed by atoms with E-state index in [-0.39, 0.29) is 0 Å². The predicted octanol–water partition coefficient (Wildman–Crippen LogP) is 5.52. The van der Waals surface area contributed by atoms with Gasteiger partial charge in [0, 0.05) is 0 Å². The topological polar surface area (TPSA) is 0 Å². The van der Waals surface area contributed by atoms with Crippen molar-refractivity contribution in [1.82, 2.24) is 0 Å². The molecule has 6 rings (SSSR count). The fourth-order valence-electron chi connectivity index (χ4n) is 9.54. The van der Waals surface area contributed by atoms with Crippen molar-refractivity contribution in [2.45, 2.75) is 71.1 Å². The summed E-state index contributed by atoms with van der Waals surface area (Å²) in [4.78, 5) is 0. The highest BCUT2D eigenvalue weighted by Crippen LogP contribution is 2.74. The van der Waals surface area contributed by atoms with Crippen LogP contribution in [0.15, 0.2) is 0 Å². The van der Waals surface area contributed by atoms with Crippen LogP contribution in [0.3, 0.4) is 0 Å². The van der Waals surface area contributed by atoms with Gasteiger partial charge in [0.15, 0.2) is 0 Å². The van der Waals surface area contributed by atoms with Crippen LogP contribution in [-0.4, -0.2) is 0 Å². The van der Waals surface area contributed by atoms with E-state index in [1.54, 1.807) is 64.2 Å². The van der Waals surface area contributed by atoms with Crippen molar-refractivity contribution in [2.24, 2.45) is 58.7 Å². The van der Waals surface area contributed by atoms with Gasteiger partial charge in [-0.2, -0.15) is 0 Å². The summed E-state index contributed by atoms with van der Waals surface area (Å²) in [7, 11) is 0. The molecule has 6 aliphatic rings. The zero-order chi connectivity index (χ0) is 13.8. The zero-order valence-corrected chi connectivity index (χ0v) is 13.8. The summed E-state index contributed by atoms with van der Waals surface area (Å²) in [5, 5.41) is 0. The SMILES string of the molecule is CC12CCC3CCC4CCC5CCC(CC1)C1C5C4C3C12. The van der Waals surface area contributed by atoms with Gasteiger partial charge in [0.25, 0.3) is 0 Å². The fraction of sp³-hybridized carbons (Fsp3) is 1.00. The molecule has 0 aliphatic heterocycles. The largest absolute Gasteiger partial charge is 0.0594 e. The van der Waals surface area contributed by atoms with E-state index in [9.17, 15) is 0 Å². The molecular weight excluding hydrogens is 252 g/mol. The van der Waals surface area contributed by atoms with Gasteiger partial charge in [0.2, 0.25) is 0 Å². The minimum Gasteiger partial charge on any atom is -0.0594 e. The molecule has 8 atom stereocenters. The van der Waals surface area contributed by atoms with E-state index in [0.717, 1.165) is 17.3 Å². The van der Waals surface area contributed by atoms with E-state index < -0.39 is 0 Å². The Labute approximate surface area is 130 Å². The minimum atomic E-state index is 0.767. The number of hydrogen-bond acceptors (Lipinski definition) is 0. The van der Waals surface area contributed by atoms with Crippen molar-refractivity contribution >= 4 is 0 Å². The number of rotatable bonds is 0. The van der Waals surface area contributed by atoms with Crippen LogP contribution >= 0.6 is 0 Å². The maximum atomic E-state index is 2.73. The van der Waals surface area contributed by atoms with Crippen molar-refractivity contribution in [3.8, 4) is 0 Å².